The van der Waals surface area contributed by atoms with E-state index in [2.05, 4.69) is 28.2 Å². The number of likely N-dealkylation sites (N-methyl/N-ethyl adjacent to an activating group) is 1. The number of aliphatic hydroxyl groups excluding tert-OH is 1. The highest BCUT2D eigenvalue weighted by atomic mass is 35.5. The van der Waals surface area contributed by atoms with Gasteiger partial charge in [0.25, 0.3) is 0 Å². The second-order valence-electron chi connectivity index (χ2n) is 7.04. The Morgan fingerprint density at radius 2 is 1.93 bits per heavy atom. The van der Waals surface area contributed by atoms with E-state index in [-0.39, 0.29) is 37.5 Å². The van der Waals surface area contributed by atoms with E-state index in [1.165, 1.54) is 0 Å². The number of hydrogen-bond acceptors (Lipinski definition) is 6. The predicted octanol–water partition coefficient (Wildman–Crippen LogP) is 4.31. The molecule has 1 aromatic carbocycles. The number of piperazine rings is 1. The van der Waals surface area contributed by atoms with Gasteiger partial charge in [-0.3, -0.25) is 4.90 Å². The molecule has 1 saturated heterocycles. The third-order valence-corrected chi connectivity index (χ3v) is 6.11. The molecule has 1 atom stereocenters. The number of anilines is 2. The summed E-state index contributed by atoms with van der Waals surface area (Å²) < 4.78 is 27.6. The number of amidine groups is 1. The summed E-state index contributed by atoms with van der Waals surface area (Å²) in [7, 11) is 2.06. The molecule has 0 radical (unpaired) electrons. The molecule has 2 aliphatic heterocycles. The monoisotopic (exact) mass is 464 g/mol. The van der Waals surface area contributed by atoms with E-state index >= 15 is 0 Å². The van der Waals surface area contributed by atoms with E-state index in [1.54, 1.807) is 11.3 Å². The molecule has 2 N–H and O–H groups in total. The summed E-state index contributed by atoms with van der Waals surface area (Å²) in [5, 5.41) is 13.5. The van der Waals surface area contributed by atoms with Gasteiger partial charge in [0.1, 0.15) is 10.8 Å². The van der Waals surface area contributed by atoms with Crippen molar-refractivity contribution in [1.29, 1.82) is 0 Å². The van der Waals surface area contributed by atoms with Crippen molar-refractivity contribution < 1.29 is 13.9 Å². The Labute approximate surface area is 185 Å². The summed E-state index contributed by atoms with van der Waals surface area (Å²) in [6, 6.07) is 4.58. The second kappa shape index (κ2) is 9.57. The number of thiophene rings is 1. The summed E-state index contributed by atoms with van der Waals surface area (Å²) in [5.74, 6) is -1.03. The van der Waals surface area contributed by atoms with Crippen LogP contribution in [0.1, 0.15) is 16.9 Å². The molecule has 10 heteroatoms. The van der Waals surface area contributed by atoms with Crippen LogP contribution in [0, 0.1) is 18.6 Å². The minimum atomic E-state index is -0.906. The van der Waals surface area contributed by atoms with Gasteiger partial charge >= 0.3 is 0 Å². The molecule has 1 unspecified atom stereocenters. The highest BCUT2D eigenvalue weighted by Crippen LogP contribution is 2.40. The molecule has 0 aliphatic carbocycles. The first-order valence-electron chi connectivity index (χ1n) is 8.98. The molecular formula is C19H24Cl2F2N4OS. The van der Waals surface area contributed by atoms with Gasteiger partial charge in [0.2, 0.25) is 0 Å². The van der Waals surface area contributed by atoms with Crippen LogP contribution in [0.4, 0.5) is 25.2 Å². The van der Waals surface area contributed by atoms with Gasteiger partial charge in [0.15, 0.2) is 11.6 Å². The van der Waals surface area contributed by atoms with Crippen LogP contribution in [0.15, 0.2) is 23.2 Å². The zero-order valence-corrected chi connectivity index (χ0v) is 18.6. The van der Waals surface area contributed by atoms with Crippen molar-refractivity contribution in [2.75, 3.05) is 38.6 Å². The third-order valence-electron chi connectivity index (χ3n) is 5.15. The van der Waals surface area contributed by atoms with Crippen molar-refractivity contribution in [3.05, 3.63) is 40.3 Å². The molecule has 29 heavy (non-hydrogen) atoms. The molecule has 2 aliphatic rings. The highest BCUT2D eigenvalue weighted by Gasteiger charge is 2.30. The summed E-state index contributed by atoms with van der Waals surface area (Å²) in [4.78, 5) is 10.3. The number of aryl methyl sites for hydroxylation is 1. The van der Waals surface area contributed by atoms with Crippen molar-refractivity contribution >= 4 is 58.4 Å². The number of aliphatic imine (C=N–C) groups is 1. The fourth-order valence-corrected chi connectivity index (χ4v) is 4.56. The SMILES string of the molecule is Cc1cc2c(s1)Nc1cc(F)c(F)cc1N=C2N1CCN(C)C(CCO)C1.Cl.Cl. The van der Waals surface area contributed by atoms with E-state index in [9.17, 15) is 13.9 Å². The van der Waals surface area contributed by atoms with E-state index in [4.69, 9.17) is 4.99 Å². The van der Waals surface area contributed by atoms with Crippen LogP contribution in [0.5, 0.6) is 0 Å². The summed E-state index contributed by atoms with van der Waals surface area (Å²) in [6.45, 7) is 4.50. The summed E-state index contributed by atoms with van der Waals surface area (Å²) >= 11 is 1.57. The fourth-order valence-electron chi connectivity index (χ4n) is 3.64. The van der Waals surface area contributed by atoms with Gasteiger partial charge in [-0.2, -0.15) is 0 Å². The normalized spacial score (nSPS) is 18.4. The van der Waals surface area contributed by atoms with Gasteiger partial charge in [-0.15, -0.1) is 36.2 Å². The van der Waals surface area contributed by atoms with Crippen LogP contribution in [-0.2, 0) is 0 Å². The van der Waals surface area contributed by atoms with Crippen molar-refractivity contribution in [3.63, 3.8) is 0 Å². The average Bonchev–Trinajstić information content (AvgIpc) is 2.92. The second-order valence-corrected chi connectivity index (χ2v) is 8.29. The van der Waals surface area contributed by atoms with E-state index in [0.717, 1.165) is 53.0 Å². The Morgan fingerprint density at radius 3 is 2.66 bits per heavy atom. The van der Waals surface area contributed by atoms with Crippen LogP contribution >= 0.6 is 36.2 Å². The summed E-state index contributed by atoms with van der Waals surface area (Å²) in [5.41, 5.74) is 1.80. The van der Waals surface area contributed by atoms with Crippen LogP contribution < -0.4 is 5.32 Å². The molecule has 0 spiro atoms. The van der Waals surface area contributed by atoms with Gasteiger partial charge in [-0.1, -0.05) is 0 Å². The number of benzene rings is 1. The van der Waals surface area contributed by atoms with Gasteiger partial charge in [0.05, 0.1) is 16.9 Å². The lowest BCUT2D eigenvalue weighted by Gasteiger charge is -2.40. The Morgan fingerprint density at radius 1 is 1.21 bits per heavy atom. The fraction of sp³-hybridized carbons (Fsp3) is 0.421. The standard InChI is InChI=1S/C19H22F2N4OS.2ClH/c1-11-7-13-18(25-5-4-24(2)12(10-25)3-6-26)22-16-8-14(20)15(21)9-17(16)23-19(13)27-11;;/h7-9,12,23,26H,3-6,10H2,1-2H3;2*1H. The molecule has 0 saturated carbocycles. The minimum Gasteiger partial charge on any atom is -0.396 e. The molecule has 0 bridgehead atoms. The molecule has 1 aromatic heterocycles. The summed E-state index contributed by atoms with van der Waals surface area (Å²) in [6.07, 6.45) is 0.685. The molecule has 3 heterocycles. The topological polar surface area (TPSA) is 51.1 Å². The molecule has 1 fully saturated rings. The number of aliphatic hydroxyl groups is 1. The molecule has 160 valence electrons. The largest absolute Gasteiger partial charge is 0.396 e. The van der Waals surface area contributed by atoms with Crippen molar-refractivity contribution in [2.45, 2.75) is 19.4 Å². The van der Waals surface area contributed by atoms with Crippen molar-refractivity contribution in [3.8, 4) is 0 Å². The molecule has 2 aromatic rings. The van der Waals surface area contributed by atoms with Crippen LogP contribution in [0.2, 0.25) is 0 Å². The molecule has 4 rings (SSSR count). The first kappa shape index (κ1) is 23.8. The number of fused-ring (bicyclic) bond motifs is 2. The Kier molecular flexibility index (Phi) is 7.86. The lowest BCUT2D eigenvalue weighted by molar-refractivity contribution is 0.115. The first-order valence-corrected chi connectivity index (χ1v) is 9.79. The van der Waals surface area contributed by atoms with Crippen molar-refractivity contribution in [1.82, 2.24) is 9.80 Å². The molecule has 5 nitrogen and oxygen atoms in total. The van der Waals surface area contributed by atoms with Gasteiger partial charge < -0.3 is 15.3 Å². The number of rotatable bonds is 2. The average molecular weight is 465 g/mol. The van der Waals surface area contributed by atoms with Gasteiger partial charge in [0, 0.05) is 49.3 Å². The lowest BCUT2D eigenvalue weighted by Crippen LogP contribution is -2.53. The van der Waals surface area contributed by atoms with Crippen LogP contribution in [-0.4, -0.2) is 60.1 Å². The van der Waals surface area contributed by atoms with E-state index in [1.807, 2.05) is 6.92 Å². The quantitative estimate of drug-likeness (QED) is 0.694. The van der Waals surface area contributed by atoms with Crippen molar-refractivity contribution in [2.24, 2.45) is 4.99 Å². The van der Waals surface area contributed by atoms with Gasteiger partial charge in [-0.25, -0.2) is 13.8 Å². The predicted molar refractivity (Wildman–Crippen MR) is 119 cm³/mol. The number of hydrogen-bond donors (Lipinski definition) is 2. The van der Waals surface area contributed by atoms with E-state index < -0.39 is 11.6 Å². The number of halogens is 4. The zero-order valence-electron chi connectivity index (χ0n) is 16.1. The Bertz CT molecular complexity index is 909. The maximum atomic E-state index is 13.8. The third kappa shape index (κ3) is 4.67. The maximum absolute atomic E-state index is 13.8. The number of nitrogens with one attached hydrogen (secondary N) is 1. The maximum Gasteiger partial charge on any atom is 0.161 e. The Hall–Kier alpha value is -1.45. The smallest absolute Gasteiger partial charge is 0.161 e. The zero-order chi connectivity index (χ0) is 19.1. The minimum absolute atomic E-state index is 0. The van der Waals surface area contributed by atoms with E-state index in [0.29, 0.717) is 17.8 Å². The Balaban J connectivity index is 0.00000150. The van der Waals surface area contributed by atoms with Crippen LogP contribution in [0.3, 0.4) is 0 Å². The molecule has 0 amide bonds. The van der Waals surface area contributed by atoms with Gasteiger partial charge in [-0.05, 0) is 26.5 Å². The number of nitrogens with zero attached hydrogens (tertiary/aromatic N) is 3. The first-order chi connectivity index (χ1) is 13.0. The highest BCUT2D eigenvalue weighted by molar-refractivity contribution is 7.16. The van der Waals surface area contributed by atoms with Crippen LogP contribution in [0.25, 0.3) is 0 Å². The lowest BCUT2D eigenvalue weighted by atomic mass is 10.1. The molecular weight excluding hydrogens is 441 g/mol.